The van der Waals surface area contributed by atoms with Gasteiger partial charge < -0.3 is 10.1 Å². The lowest BCUT2D eigenvalue weighted by Gasteiger charge is -2.32. The molecule has 4 atom stereocenters. The van der Waals surface area contributed by atoms with Crippen molar-refractivity contribution in [3.8, 4) is 5.75 Å². The maximum Gasteiger partial charge on any atom is 0.256 e. The van der Waals surface area contributed by atoms with Gasteiger partial charge in [0.2, 0.25) is 0 Å². The normalized spacial score (nSPS) is 26.2. The molecule has 190 valence electrons. The molecule has 1 spiro atoms. The molecule has 37 heavy (non-hydrogen) atoms. The van der Waals surface area contributed by atoms with E-state index in [9.17, 15) is 14.9 Å². The number of anilines is 1. The van der Waals surface area contributed by atoms with Crippen LogP contribution in [-0.2, 0) is 16.9 Å². The van der Waals surface area contributed by atoms with Crippen molar-refractivity contribution in [2.75, 3.05) is 11.9 Å². The summed E-state index contributed by atoms with van der Waals surface area (Å²) in [6.07, 6.45) is 1.61. The summed E-state index contributed by atoms with van der Waals surface area (Å²) < 4.78 is 7.03. The molecule has 3 aliphatic rings. The van der Waals surface area contributed by atoms with Gasteiger partial charge in [0, 0.05) is 38.8 Å². The Labute approximate surface area is 232 Å². The highest BCUT2D eigenvalue weighted by molar-refractivity contribution is 9.10. The Hall–Kier alpha value is -2.65. The first kappa shape index (κ1) is 24.7. The maximum atomic E-state index is 13.7. The van der Waals surface area contributed by atoms with Gasteiger partial charge >= 0.3 is 0 Å². The first-order valence-electron chi connectivity index (χ1n) is 12.0. The number of nitro groups is 1. The molecular weight excluding hydrogens is 581 g/mol. The van der Waals surface area contributed by atoms with E-state index in [2.05, 4.69) is 26.1 Å². The summed E-state index contributed by atoms with van der Waals surface area (Å²) in [5.74, 6) is -0.351. The number of nitrogens with zero attached hydrogens (tertiary/aromatic N) is 2. The summed E-state index contributed by atoms with van der Waals surface area (Å²) in [6, 6.07) is 16.8. The fourth-order valence-electron chi connectivity index (χ4n) is 6.45. The number of carbonyl (C=O) groups is 1. The predicted molar refractivity (Wildman–Crippen MR) is 145 cm³/mol. The van der Waals surface area contributed by atoms with E-state index in [0.717, 1.165) is 22.9 Å². The molecule has 7 nitrogen and oxygen atoms in total. The molecule has 6 rings (SSSR count). The summed E-state index contributed by atoms with van der Waals surface area (Å²) in [7, 11) is 0. The lowest BCUT2D eigenvalue weighted by atomic mass is 9.77. The number of hydrogen-bond acceptors (Lipinski definition) is 5. The number of rotatable bonds is 5. The van der Waals surface area contributed by atoms with Crippen molar-refractivity contribution in [2.45, 2.75) is 43.0 Å². The summed E-state index contributed by atoms with van der Waals surface area (Å²) in [4.78, 5) is 28.4. The van der Waals surface area contributed by atoms with Crippen LogP contribution in [0.5, 0.6) is 5.75 Å². The highest BCUT2D eigenvalue weighted by Gasteiger charge is 2.73. The van der Waals surface area contributed by atoms with Crippen molar-refractivity contribution >= 4 is 50.7 Å². The number of nitrogens with one attached hydrogen (secondary N) is 1. The monoisotopic (exact) mass is 601 g/mol. The second kappa shape index (κ2) is 9.27. The molecule has 0 aliphatic carbocycles. The zero-order valence-electron chi connectivity index (χ0n) is 19.5. The third kappa shape index (κ3) is 3.76. The topological polar surface area (TPSA) is 84.7 Å². The van der Waals surface area contributed by atoms with Gasteiger partial charge in [-0.2, -0.15) is 0 Å². The first-order valence-corrected chi connectivity index (χ1v) is 13.5. The van der Waals surface area contributed by atoms with Gasteiger partial charge in [0.05, 0.1) is 16.0 Å². The molecule has 1 amide bonds. The zero-order valence-corrected chi connectivity index (χ0v) is 22.6. The summed E-state index contributed by atoms with van der Waals surface area (Å²) in [5, 5.41) is 16.7. The molecule has 0 radical (unpaired) electrons. The van der Waals surface area contributed by atoms with Crippen LogP contribution in [0, 0.1) is 10.1 Å². The van der Waals surface area contributed by atoms with Gasteiger partial charge in [-0.25, -0.2) is 0 Å². The van der Waals surface area contributed by atoms with Crippen LogP contribution >= 0.6 is 39.1 Å². The van der Waals surface area contributed by atoms with Gasteiger partial charge in [0.25, 0.3) is 11.9 Å². The molecule has 3 aromatic rings. The van der Waals surface area contributed by atoms with Crippen LogP contribution in [0.15, 0.2) is 65.1 Å². The Bertz CT molecular complexity index is 1440. The van der Waals surface area contributed by atoms with Crippen LogP contribution in [0.3, 0.4) is 0 Å². The van der Waals surface area contributed by atoms with Gasteiger partial charge in [0.15, 0.2) is 5.54 Å². The van der Waals surface area contributed by atoms with Crippen LogP contribution in [0.2, 0.25) is 10.0 Å². The number of amides is 1. The SMILES string of the molecule is O=C1Nc2ccccc2[C@]12[C@H]([N+](=O)[O-])[C@H](c1cc(Br)ccc1OCc1ccc(Cl)c(Cl)c1)[C@H]1CCCN12. The van der Waals surface area contributed by atoms with Gasteiger partial charge in [-0.3, -0.25) is 19.8 Å². The average molecular weight is 603 g/mol. The summed E-state index contributed by atoms with van der Waals surface area (Å²) in [5.41, 5.74) is 1.46. The van der Waals surface area contributed by atoms with Gasteiger partial charge in [-0.05, 0) is 54.8 Å². The number of benzene rings is 3. The van der Waals surface area contributed by atoms with Crippen molar-refractivity contribution in [1.29, 1.82) is 0 Å². The largest absolute Gasteiger partial charge is 0.489 e. The van der Waals surface area contributed by atoms with E-state index in [1.165, 1.54) is 0 Å². The number of carbonyl (C=O) groups excluding carboxylic acids is 1. The Kier molecular flexibility index (Phi) is 6.18. The van der Waals surface area contributed by atoms with Gasteiger partial charge in [-0.15, -0.1) is 0 Å². The fraction of sp³-hybridized carbons (Fsp3) is 0.296. The Balaban J connectivity index is 1.46. The molecule has 0 bridgehead atoms. The van der Waals surface area contributed by atoms with Crippen LogP contribution in [0.1, 0.15) is 35.4 Å². The molecular formula is C27H22BrCl2N3O4. The maximum absolute atomic E-state index is 13.7. The molecule has 3 heterocycles. The van der Waals surface area contributed by atoms with E-state index < -0.39 is 17.5 Å². The van der Waals surface area contributed by atoms with Crippen molar-refractivity contribution in [2.24, 2.45) is 0 Å². The lowest BCUT2D eigenvalue weighted by molar-refractivity contribution is -0.534. The lowest BCUT2D eigenvalue weighted by Crippen LogP contribution is -2.55. The Morgan fingerprint density at radius 2 is 1.95 bits per heavy atom. The fourth-order valence-corrected chi connectivity index (χ4v) is 7.15. The van der Waals surface area contributed by atoms with Crippen molar-refractivity contribution < 1.29 is 14.5 Å². The third-order valence-corrected chi connectivity index (χ3v) is 9.04. The number of ether oxygens (including phenoxy) is 1. The van der Waals surface area contributed by atoms with Crippen LogP contribution in [0.25, 0.3) is 0 Å². The molecule has 2 fully saturated rings. The Morgan fingerprint density at radius 3 is 2.73 bits per heavy atom. The van der Waals surface area contributed by atoms with Crippen molar-refractivity contribution in [3.05, 3.63) is 102 Å². The molecule has 0 unspecified atom stereocenters. The number of fused-ring (bicyclic) bond motifs is 4. The summed E-state index contributed by atoms with van der Waals surface area (Å²) in [6.45, 7) is 0.824. The third-order valence-electron chi connectivity index (χ3n) is 7.80. The van der Waals surface area contributed by atoms with E-state index in [0.29, 0.717) is 39.2 Å². The molecule has 0 saturated carbocycles. The Morgan fingerprint density at radius 1 is 1.14 bits per heavy atom. The van der Waals surface area contributed by atoms with E-state index >= 15 is 0 Å². The zero-order chi connectivity index (χ0) is 25.9. The smallest absolute Gasteiger partial charge is 0.256 e. The first-order chi connectivity index (χ1) is 17.8. The minimum absolute atomic E-state index is 0.186. The molecule has 3 aliphatic heterocycles. The average Bonchev–Trinajstić information content (AvgIpc) is 3.53. The van der Waals surface area contributed by atoms with E-state index in [1.54, 1.807) is 12.1 Å². The molecule has 10 heteroatoms. The molecule has 0 aromatic heterocycles. The second-order valence-corrected chi connectivity index (χ2v) is 11.4. The molecule has 3 aromatic carbocycles. The van der Waals surface area contributed by atoms with E-state index in [-0.39, 0.29) is 23.5 Å². The van der Waals surface area contributed by atoms with Crippen molar-refractivity contribution in [3.63, 3.8) is 0 Å². The van der Waals surface area contributed by atoms with Gasteiger partial charge in [-0.1, -0.05) is 63.4 Å². The molecule has 1 N–H and O–H groups in total. The van der Waals surface area contributed by atoms with Crippen LogP contribution < -0.4 is 10.1 Å². The van der Waals surface area contributed by atoms with Crippen LogP contribution in [-0.4, -0.2) is 34.4 Å². The van der Waals surface area contributed by atoms with Crippen molar-refractivity contribution in [1.82, 2.24) is 4.90 Å². The number of halogens is 3. The van der Waals surface area contributed by atoms with E-state index in [4.69, 9.17) is 27.9 Å². The highest BCUT2D eigenvalue weighted by Crippen LogP contribution is 2.59. The second-order valence-electron chi connectivity index (χ2n) is 9.64. The van der Waals surface area contributed by atoms with Gasteiger partial charge in [0.1, 0.15) is 12.4 Å². The predicted octanol–water partition coefficient (Wildman–Crippen LogP) is 6.39. The standard InChI is InChI=1S/C27H22BrCl2N3O4/c28-16-8-10-23(37-14-15-7-9-19(29)20(30)12-15)17(13-16)24-22-6-3-11-32(22)27(25(24)33(35)36)18-4-1-2-5-21(18)31-26(27)34/h1-2,4-5,7-10,12-13,22,24-25H,3,6,11,14H2,(H,31,34)/t22-,24-,25-,27+/m1/s1. The quantitative estimate of drug-likeness (QED) is 0.270. The number of para-hydroxylation sites is 1. The minimum atomic E-state index is -1.38. The molecule has 2 saturated heterocycles. The highest BCUT2D eigenvalue weighted by atomic mass is 79.9. The van der Waals surface area contributed by atoms with E-state index in [1.807, 2.05) is 48.5 Å². The minimum Gasteiger partial charge on any atom is -0.489 e. The van der Waals surface area contributed by atoms with Crippen LogP contribution in [0.4, 0.5) is 5.69 Å². The number of hydrogen-bond donors (Lipinski definition) is 1. The summed E-state index contributed by atoms with van der Waals surface area (Å²) >= 11 is 15.8.